The lowest BCUT2D eigenvalue weighted by atomic mass is 10.1. The molecule has 0 aliphatic rings. The molecule has 6 heteroatoms. The predicted octanol–water partition coefficient (Wildman–Crippen LogP) is 3.70. The number of hydrogen-bond donors (Lipinski definition) is 1. The highest BCUT2D eigenvalue weighted by Crippen LogP contribution is 2.30. The number of hydrogen-bond acceptors (Lipinski definition) is 4. The summed E-state index contributed by atoms with van der Waals surface area (Å²) >= 11 is 5.91. The van der Waals surface area contributed by atoms with E-state index in [1.165, 1.54) is 6.07 Å². The maximum absolute atomic E-state index is 10.8. The van der Waals surface area contributed by atoms with E-state index in [0.29, 0.717) is 6.04 Å². The van der Waals surface area contributed by atoms with E-state index in [4.69, 9.17) is 11.6 Å². The largest absolute Gasteiger partial charge is 0.385 e. The zero-order chi connectivity index (χ0) is 15.3. The van der Waals surface area contributed by atoms with Gasteiger partial charge in [0, 0.05) is 24.3 Å². The average molecular weight is 300 g/mol. The van der Waals surface area contributed by atoms with Gasteiger partial charge in [-0.15, -0.1) is 0 Å². The maximum atomic E-state index is 10.8. The number of nitro groups is 1. The molecule has 0 fully saturated rings. The topological polar surface area (TPSA) is 58.4 Å². The van der Waals surface area contributed by atoms with Crippen molar-refractivity contribution in [2.24, 2.45) is 0 Å². The van der Waals surface area contributed by atoms with Crippen LogP contribution >= 0.6 is 11.6 Å². The van der Waals surface area contributed by atoms with E-state index in [9.17, 15) is 10.1 Å². The van der Waals surface area contributed by atoms with Crippen molar-refractivity contribution in [2.45, 2.75) is 33.2 Å². The number of rotatable bonds is 7. The molecule has 0 bridgehead atoms. The van der Waals surface area contributed by atoms with Gasteiger partial charge in [-0.3, -0.25) is 10.1 Å². The summed E-state index contributed by atoms with van der Waals surface area (Å²) in [4.78, 5) is 12.6. The van der Waals surface area contributed by atoms with Gasteiger partial charge in [0.25, 0.3) is 5.69 Å². The number of nitrogens with one attached hydrogen (secondary N) is 1. The third kappa shape index (κ3) is 4.65. The van der Waals surface area contributed by atoms with Crippen LogP contribution in [-0.4, -0.2) is 36.0 Å². The van der Waals surface area contributed by atoms with Crippen LogP contribution in [0.4, 0.5) is 11.4 Å². The number of aryl methyl sites for hydroxylation is 1. The van der Waals surface area contributed by atoms with Crippen LogP contribution in [0.3, 0.4) is 0 Å². The van der Waals surface area contributed by atoms with Crippen molar-refractivity contribution in [1.82, 2.24) is 4.90 Å². The lowest BCUT2D eigenvalue weighted by Crippen LogP contribution is -2.28. The van der Waals surface area contributed by atoms with Gasteiger partial charge in [-0.2, -0.15) is 0 Å². The minimum atomic E-state index is -0.462. The molecule has 0 heterocycles. The molecule has 0 radical (unpaired) electrons. The van der Waals surface area contributed by atoms with Gasteiger partial charge in [0.1, 0.15) is 5.02 Å². The number of halogens is 1. The summed E-state index contributed by atoms with van der Waals surface area (Å²) in [5, 5.41) is 14.2. The zero-order valence-corrected chi connectivity index (χ0v) is 13.2. The summed E-state index contributed by atoms with van der Waals surface area (Å²) in [6.45, 7) is 7.98. The van der Waals surface area contributed by atoms with Crippen molar-refractivity contribution in [3.8, 4) is 0 Å². The normalized spacial score (nSPS) is 11.2. The Labute approximate surface area is 125 Å². The quantitative estimate of drug-likeness (QED) is 0.474. The van der Waals surface area contributed by atoms with Crippen LogP contribution in [0, 0.1) is 17.0 Å². The van der Waals surface area contributed by atoms with E-state index >= 15 is 0 Å². The molecule has 0 aromatic heterocycles. The highest BCUT2D eigenvalue weighted by atomic mass is 35.5. The molecule has 0 saturated carbocycles. The number of benzene rings is 1. The lowest BCUT2D eigenvalue weighted by Gasteiger charge is -2.21. The zero-order valence-electron chi connectivity index (χ0n) is 12.4. The van der Waals surface area contributed by atoms with Crippen LogP contribution in [-0.2, 0) is 0 Å². The summed E-state index contributed by atoms with van der Waals surface area (Å²) in [6, 6.07) is 3.66. The van der Waals surface area contributed by atoms with Crippen molar-refractivity contribution >= 4 is 23.0 Å². The van der Waals surface area contributed by atoms with Crippen LogP contribution in [0.25, 0.3) is 0 Å². The minimum absolute atomic E-state index is 0.0470. The molecule has 0 aliphatic heterocycles. The van der Waals surface area contributed by atoms with Crippen molar-refractivity contribution in [1.29, 1.82) is 0 Å². The highest BCUT2D eigenvalue weighted by Gasteiger charge is 2.14. The molecule has 0 unspecified atom stereocenters. The fraction of sp³-hybridized carbons (Fsp3) is 0.571. The Morgan fingerprint density at radius 3 is 2.65 bits per heavy atom. The molecule has 5 nitrogen and oxygen atoms in total. The second kappa shape index (κ2) is 7.45. The first kappa shape index (κ1) is 16.7. The van der Waals surface area contributed by atoms with E-state index in [-0.39, 0.29) is 10.7 Å². The molecule has 0 spiro atoms. The van der Waals surface area contributed by atoms with Crippen LogP contribution < -0.4 is 5.32 Å². The molecule has 1 aromatic rings. The molecular formula is C14H22ClN3O2. The Balaban J connectivity index is 2.57. The van der Waals surface area contributed by atoms with Gasteiger partial charge in [-0.05, 0) is 52.4 Å². The Morgan fingerprint density at radius 2 is 2.10 bits per heavy atom. The fourth-order valence-electron chi connectivity index (χ4n) is 1.81. The van der Waals surface area contributed by atoms with E-state index in [1.54, 1.807) is 6.07 Å². The van der Waals surface area contributed by atoms with E-state index in [0.717, 1.165) is 30.8 Å². The molecular weight excluding hydrogens is 278 g/mol. The average Bonchev–Trinajstić information content (AvgIpc) is 2.37. The Bertz CT molecular complexity index is 478. The summed E-state index contributed by atoms with van der Waals surface area (Å²) in [5.74, 6) is 0. The van der Waals surface area contributed by atoms with Crippen molar-refractivity contribution in [3.05, 3.63) is 32.8 Å². The monoisotopic (exact) mass is 299 g/mol. The van der Waals surface area contributed by atoms with Crippen LogP contribution in [0.15, 0.2) is 12.1 Å². The predicted molar refractivity (Wildman–Crippen MR) is 83.7 cm³/mol. The number of nitrogens with zero attached hydrogens (tertiary/aromatic N) is 2. The molecule has 1 aromatic carbocycles. The van der Waals surface area contributed by atoms with Crippen LogP contribution in [0.5, 0.6) is 0 Å². The van der Waals surface area contributed by atoms with Gasteiger partial charge in [-0.1, -0.05) is 11.6 Å². The molecule has 0 saturated heterocycles. The molecule has 0 aliphatic carbocycles. The van der Waals surface area contributed by atoms with Crippen molar-refractivity contribution in [2.75, 3.05) is 25.5 Å². The first-order valence-corrected chi connectivity index (χ1v) is 7.09. The van der Waals surface area contributed by atoms with Gasteiger partial charge in [-0.25, -0.2) is 0 Å². The number of anilines is 1. The van der Waals surface area contributed by atoms with Gasteiger partial charge < -0.3 is 10.2 Å². The second-order valence-electron chi connectivity index (χ2n) is 5.23. The Morgan fingerprint density at radius 1 is 1.45 bits per heavy atom. The highest BCUT2D eigenvalue weighted by molar-refractivity contribution is 6.33. The molecule has 112 valence electrons. The van der Waals surface area contributed by atoms with Crippen LogP contribution in [0.2, 0.25) is 5.02 Å². The molecule has 0 amide bonds. The molecule has 0 atom stereocenters. The first-order chi connectivity index (χ1) is 9.32. The van der Waals surface area contributed by atoms with Gasteiger partial charge in [0.15, 0.2) is 0 Å². The standard InChI is InChI=1S/C14H22ClN3O2/c1-10(2)17(4)7-5-6-16-13-9-12(15)14(18(19)20)8-11(13)3/h8-10,16H,5-7H2,1-4H3. The first-order valence-electron chi connectivity index (χ1n) is 6.71. The molecule has 1 N–H and O–H groups in total. The van der Waals surface area contributed by atoms with Gasteiger partial charge >= 0.3 is 0 Å². The lowest BCUT2D eigenvalue weighted by molar-refractivity contribution is -0.384. The van der Waals surface area contributed by atoms with Crippen molar-refractivity contribution in [3.63, 3.8) is 0 Å². The third-order valence-electron chi connectivity index (χ3n) is 3.38. The molecule has 20 heavy (non-hydrogen) atoms. The smallest absolute Gasteiger partial charge is 0.288 e. The SMILES string of the molecule is Cc1cc([N+](=O)[O-])c(Cl)cc1NCCCN(C)C(C)C. The summed E-state index contributed by atoms with van der Waals surface area (Å²) in [7, 11) is 2.10. The maximum Gasteiger partial charge on any atom is 0.288 e. The van der Waals surface area contributed by atoms with E-state index in [1.807, 2.05) is 6.92 Å². The Kier molecular flexibility index (Phi) is 6.23. The molecule has 1 rings (SSSR count). The van der Waals surface area contributed by atoms with Gasteiger partial charge in [0.2, 0.25) is 0 Å². The summed E-state index contributed by atoms with van der Waals surface area (Å²) < 4.78 is 0. The third-order valence-corrected chi connectivity index (χ3v) is 3.68. The van der Waals surface area contributed by atoms with E-state index in [2.05, 4.69) is 31.1 Å². The summed E-state index contributed by atoms with van der Waals surface area (Å²) in [6.07, 6.45) is 1.00. The number of nitro benzene ring substituents is 1. The summed E-state index contributed by atoms with van der Waals surface area (Å²) in [5.41, 5.74) is 1.64. The van der Waals surface area contributed by atoms with Gasteiger partial charge in [0.05, 0.1) is 4.92 Å². The minimum Gasteiger partial charge on any atom is -0.385 e. The van der Waals surface area contributed by atoms with Crippen LogP contribution in [0.1, 0.15) is 25.8 Å². The second-order valence-corrected chi connectivity index (χ2v) is 5.64. The Hall–Kier alpha value is -1.33. The van der Waals surface area contributed by atoms with Crippen molar-refractivity contribution < 1.29 is 4.92 Å². The fourth-order valence-corrected chi connectivity index (χ4v) is 2.04. The van der Waals surface area contributed by atoms with E-state index < -0.39 is 4.92 Å².